The van der Waals surface area contributed by atoms with E-state index in [0.717, 1.165) is 31.9 Å². The van der Waals surface area contributed by atoms with Crippen LogP contribution in [-0.4, -0.2) is 46.9 Å². The highest BCUT2D eigenvalue weighted by atomic mass is 35.5. The molecule has 1 amide bonds. The molecule has 1 aliphatic rings. The molecule has 0 saturated carbocycles. The van der Waals surface area contributed by atoms with Gasteiger partial charge in [-0.25, -0.2) is 4.98 Å². The minimum Gasteiger partial charge on any atom is -0.340 e. The van der Waals surface area contributed by atoms with Crippen molar-refractivity contribution in [2.45, 2.75) is 13.5 Å². The SMILES string of the molecule is CC(=O)N1CCN(Cc2nc(Cl)ccc2Cl)CC1. The van der Waals surface area contributed by atoms with Gasteiger partial charge < -0.3 is 4.90 Å². The van der Waals surface area contributed by atoms with Crippen molar-refractivity contribution in [3.05, 3.63) is 28.0 Å². The number of amides is 1. The number of carbonyl (C=O) groups is 1. The van der Waals surface area contributed by atoms with E-state index in [-0.39, 0.29) is 5.91 Å². The van der Waals surface area contributed by atoms with Crippen LogP contribution in [-0.2, 0) is 11.3 Å². The average Bonchev–Trinajstić information content (AvgIpc) is 2.34. The summed E-state index contributed by atoms with van der Waals surface area (Å²) < 4.78 is 0. The lowest BCUT2D eigenvalue weighted by Crippen LogP contribution is -2.47. The zero-order valence-electron chi connectivity index (χ0n) is 10.2. The van der Waals surface area contributed by atoms with E-state index in [0.29, 0.717) is 16.7 Å². The van der Waals surface area contributed by atoms with Gasteiger partial charge >= 0.3 is 0 Å². The van der Waals surface area contributed by atoms with Crippen molar-refractivity contribution in [2.75, 3.05) is 26.2 Å². The van der Waals surface area contributed by atoms with Gasteiger partial charge in [-0.2, -0.15) is 0 Å². The van der Waals surface area contributed by atoms with E-state index in [2.05, 4.69) is 9.88 Å². The van der Waals surface area contributed by atoms with Gasteiger partial charge in [-0.05, 0) is 12.1 Å². The van der Waals surface area contributed by atoms with Crippen LogP contribution in [0.5, 0.6) is 0 Å². The Bertz CT molecular complexity index is 445. The Morgan fingerprint density at radius 1 is 1.28 bits per heavy atom. The van der Waals surface area contributed by atoms with E-state index >= 15 is 0 Å². The largest absolute Gasteiger partial charge is 0.340 e. The van der Waals surface area contributed by atoms with Gasteiger partial charge in [-0.15, -0.1) is 0 Å². The van der Waals surface area contributed by atoms with Crippen molar-refractivity contribution < 1.29 is 4.79 Å². The van der Waals surface area contributed by atoms with Crippen LogP contribution in [0.15, 0.2) is 12.1 Å². The maximum atomic E-state index is 11.2. The fraction of sp³-hybridized carbons (Fsp3) is 0.500. The number of pyridine rings is 1. The van der Waals surface area contributed by atoms with Crippen molar-refractivity contribution >= 4 is 29.1 Å². The summed E-state index contributed by atoms with van der Waals surface area (Å²) in [4.78, 5) is 19.5. The Morgan fingerprint density at radius 3 is 2.56 bits per heavy atom. The van der Waals surface area contributed by atoms with Crippen molar-refractivity contribution in [2.24, 2.45) is 0 Å². The molecule has 0 spiro atoms. The summed E-state index contributed by atoms with van der Waals surface area (Å²) in [6.07, 6.45) is 0. The molecule has 4 nitrogen and oxygen atoms in total. The molecule has 0 aromatic carbocycles. The number of hydrogen-bond acceptors (Lipinski definition) is 3. The topological polar surface area (TPSA) is 36.4 Å². The number of nitrogens with zero attached hydrogens (tertiary/aromatic N) is 3. The van der Waals surface area contributed by atoms with Gasteiger partial charge in [0.25, 0.3) is 0 Å². The van der Waals surface area contributed by atoms with Gasteiger partial charge in [0.05, 0.1) is 10.7 Å². The second-order valence-electron chi connectivity index (χ2n) is 4.34. The van der Waals surface area contributed by atoms with E-state index in [9.17, 15) is 4.79 Å². The summed E-state index contributed by atoms with van der Waals surface area (Å²) in [5.41, 5.74) is 0.792. The fourth-order valence-electron chi connectivity index (χ4n) is 2.00. The first-order valence-corrected chi connectivity index (χ1v) is 6.60. The summed E-state index contributed by atoms with van der Waals surface area (Å²) in [5.74, 6) is 0.133. The summed E-state index contributed by atoms with van der Waals surface area (Å²) in [7, 11) is 0. The van der Waals surface area contributed by atoms with E-state index in [1.54, 1.807) is 19.1 Å². The minimum absolute atomic E-state index is 0.133. The molecule has 98 valence electrons. The normalized spacial score (nSPS) is 16.9. The maximum Gasteiger partial charge on any atom is 0.219 e. The monoisotopic (exact) mass is 287 g/mol. The summed E-state index contributed by atoms with van der Waals surface area (Å²) >= 11 is 11.9. The van der Waals surface area contributed by atoms with E-state index in [4.69, 9.17) is 23.2 Å². The molecule has 0 aliphatic carbocycles. The highest BCUT2D eigenvalue weighted by Crippen LogP contribution is 2.19. The molecule has 1 aliphatic heterocycles. The Labute approximate surface area is 116 Å². The Hall–Kier alpha value is -0.840. The number of piperazine rings is 1. The standard InChI is InChI=1S/C12H15Cl2N3O/c1-9(18)17-6-4-16(5-7-17)8-11-10(13)2-3-12(14)15-11/h2-3H,4-8H2,1H3. The second-order valence-corrected chi connectivity index (χ2v) is 5.14. The molecular weight excluding hydrogens is 273 g/mol. The molecular formula is C12H15Cl2N3O. The average molecular weight is 288 g/mol. The molecule has 1 aromatic rings. The van der Waals surface area contributed by atoms with Gasteiger partial charge in [-0.1, -0.05) is 23.2 Å². The van der Waals surface area contributed by atoms with E-state index in [1.165, 1.54) is 0 Å². The number of carbonyl (C=O) groups excluding carboxylic acids is 1. The molecule has 1 aromatic heterocycles. The van der Waals surface area contributed by atoms with Crippen molar-refractivity contribution in [3.8, 4) is 0 Å². The third-order valence-corrected chi connectivity index (χ3v) is 3.63. The van der Waals surface area contributed by atoms with Crippen LogP contribution in [0.2, 0.25) is 10.2 Å². The molecule has 6 heteroatoms. The zero-order valence-corrected chi connectivity index (χ0v) is 11.7. The Morgan fingerprint density at radius 2 is 1.94 bits per heavy atom. The molecule has 0 atom stereocenters. The lowest BCUT2D eigenvalue weighted by atomic mass is 10.2. The lowest BCUT2D eigenvalue weighted by Gasteiger charge is -2.34. The maximum absolute atomic E-state index is 11.2. The van der Waals surface area contributed by atoms with Crippen LogP contribution in [0.1, 0.15) is 12.6 Å². The van der Waals surface area contributed by atoms with Gasteiger partial charge in [-0.3, -0.25) is 9.69 Å². The first-order valence-electron chi connectivity index (χ1n) is 5.85. The molecule has 2 rings (SSSR count). The first kappa shape index (κ1) is 13.6. The van der Waals surface area contributed by atoms with Crippen LogP contribution in [0.3, 0.4) is 0 Å². The minimum atomic E-state index is 0.133. The third kappa shape index (κ3) is 3.34. The van der Waals surface area contributed by atoms with Gasteiger partial charge in [0.2, 0.25) is 5.91 Å². The van der Waals surface area contributed by atoms with Crippen molar-refractivity contribution in [1.29, 1.82) is 0 Å². The van der Waals surface area contributed by atoms with Crippen LogP contribution in [0, 0.1) is 0 Å². The Kier molecular flexibility index (Phi) is 4.43. The van der Waals surface area contributed by atoms with Crippen LogP contribution in [0.4, 0.5) is 0 Å². The lowest BCUT2D eigenvalue weighted by molar-refractivity contribution is -0.130. The number of hydrogen-bond donors (Lipinski definition) is 0. The van der Waals surface area contributed by atoms with E-state index in [1.807, 2.05) is 4.90 Å². The number of halogens is 2. The highest BCUT2D eigenvalue weighted by Gasteiger charge is 2.19. The number of aromatic nitrogens is 1. The molecule has 1 fully saturated rings. The van der Waals surface area contributed by atoms with Gasteiger partial charge in [0, 0.05) is 39.6 Å². The molecule has 18 heavy (non-hydrogen) atoms. The molecule has 0 unspecified atom stereocenters. The quantitative estimate of drug-likeness (QED) is 0.782. The van der Waals surface area contributed by atoms with Gasteiger partial charge in [0.1, 0.15) is 5.15 Å². The number of rotatable bonds is 2. The molecule has 1 saturated heterocycles. The molecule has 0 N–H and O–H groups in total. The van der Waals surface area contributed by atoms with E-state index < -0.39 is 0 Å². The molecule has 0 radical (unpaired) electrons. The second kappa shape index (κ2) is 5.87. The summed E-state index contributed by atoms with van der Waals surface area (Å²) in [6, 6.07) is 3.44. The van der Waals surface area contributed by atoms with Crippen LogP contribution >= 0.6 is 23.2 Å². The summed E-state index contributed by atoms with van der Waals surface area (Å²) in [6.45, 7) is 5.46. The van der Waals surface area contributed by atoms with Crippen molar-refractivity contribution in [3.63, 3.8) is 0 Å². The smallest absolute Gasteiger partial charge is 0.219 e. The predicted octanol–water partition coefficient (Wildman–Crippen LogP) is 2.05. The third-order valence-electron chi connectivity index (χ3n) is 3.08. The fourth-order valence-corrected chi connectivity index (χ4v) is 2.33. The van der Waals surface area contributed by atoms with Crippen LogP contribution < -0.4 is 0 Å². The molecule has 0 bridgehead atoms. The van der Waals surface area contributed by atoms with Crippen LogP contribution in [0.25, 0.3) is 0 Å². The summed E-state index contributed by atoms with van der Waals surface area (Å²) in [5, 5.41) is 1.09. The Balaban J connectivity index is 1.95. The zero-order chi connectivity index (χ0) is 13.1. The first-order chi connectivity index (χ1) is 8.56. The van der Waals surface area contributed by atoms with Gasteiger partial charge in [0.15, 0.2) is 0 Å². The van der Waals surface area contributed by atoms with Crippen molar-refractivity contribution in [1.82, 2.24) is 14.8 Å². The predicted molar refractivity (Wildman–Crippen MR) is 71.8 cm³/mol. The highest BCUT2D eigenvalue weighted by molar-refractivity contribution is 6.32. The molecule has 2 heterocycles.